The van der Waals surface area contributed by atoms with Crippen molar-refractivity contribution in [2.75, 3.05) is 15.5 Å². The molecule has 0 saturated carbocycles. The first-order valence-corrected chi connectivity index (χ1v) is 9.88. The van der Waals surface area contributed by atoms with Crippen molar-refractivity contribution < 1.29 is 18.8 Å². The number of rotatable bonds is 6. The fourth-order valence-electron chi connectivity index (χ4n) is 2.66. The lowest BCUT2D eigenvalue weighted by Gasteiger charge is -2.18. The van der Waals surface area contributed by atoms with Gasteiger partial charge < -0.3 is 16.4 Å². The van der Waals surface area contributed by atoms with Crippen LogP contribution in [0.25, 0.3) is 6.08 Å². The lowest BCUT2D eigenvalue weighted by molar-refractivity contribution is -0.116. The lowest BCUT2D eigenvalue weighted by Crippen LogP contribution is -2.23. The molecule has 1 heterocycles. The molecule has 2 aromatic carbocycles. The van der Waals surface area contributed by atoms with Crippen molar-refractivity contribution in [3.8, 4) is 0 Å². The highest BCUT2D eigenvalue weighted by Gasteiger charge is 2.20. The van der Waals surface area contributed by atoms with E-state index < -0.39 is 23.7 Å². The summed E-state index contributed by atoms with van der Waals surface area (Å²) in [5, 5.41) is 7.00. The number of amides is 4. The number of anilines is 4. The summed E-state index contributed by atoms with van der Waals surface area (Å²) in [7, 11) is 0. The van der Waals surface area contributed by atoms with E-state index in [1.54, 1.807) is 35.7 Å². The number of para-hydroxylation sites is 1. The van der Waals surface area contributed by atoms with Gasteiger partial charge in [-0.25, -0.2) is 14.2 Å². The van der Waals surface area contributed by atoms with Crippen LogP contribution in [0.15, 0.2) is 60.0 Å². The fourth-order valence-corrected chi connectivity index (χ4v) is 3.51. The van der Waals surface area contributed by atoms with Gasteiger partial charge in [0.1, 0.15) is 5.82 Å². The van der Waals surface area contributed by atoms with Crippen LogP contribution >= 0.6 is 11.3 Å². The van der Waals surface area contributed by atoms with Gasteiger partial charge in [-0.05, 0) is 36.4 Å². The van der Waals surface area contributed by atoms with Gasteiger partial charge in [-0.15, -0.1) is 11.3 Å². The molecule has 3 aromatic rings. The second kappa shape index (κ2) is 9.63. The number of nitrogens with two attached hydrogens (primary N) is 1. The number of nitrogens with one attached hydrogen (secondary N) is 2. The number of primary amides is 1. The SMILES string of the molecule is CC(=O)N(c1nc(/C=C/C(=O)Nc2cccc(NC(N)=O)c2)cs1)c1ccccc1F. The van der Waals surface area contributed by atoms with Crippen LogP contribution in [0.5, 0.6) is 0 Å². The van der Waals surface area contributed by atoms with E-state index in [4.69, 9.17) is 5.73 Å². The number of benzene rings is 2. The van der Waals surface area contributed by atoms with E-state index in [9.17, 15) is 18.8 Å². The zero-order valence-electron chi connectivity index (χ0n) is 16.3. The van der Waals surface area contributed by atoms with Gasteiger partial charge in [-0.2, -0.15) is 0 Å². The summed E-state index contributed by atoms with van der Waals surface area (Å²) in [4.78, 5) is 40.7. The predicted molar refractivity (Wildman–Crippen MR) is 119 cm³/mol. The van der Waals surface area contributed by atoms with Gasteiger partial charge in [-0.1, -0.05) is 18.2 Å². The summed E-state index contributed by atoms with van der Waals surface area (Å²) in [5.41, 5.74) is 6.51. The Morgan fingerprint density at radius 1 is 1.10 bits per heavy atom. The number of hydrogen-bond donors (Lipinski definition) is 3. The largest absolute Gasteiger partial charge is 0.351 e. The molecule has 4 amide bonds. The third-order valence-electron chi connectivity index (χ3n) is 3.91. The van der Waals surface area contributed by atoms with Gasteiger partial charge in [0.2, 0.25) is 11.8 Å². The number of urea groups is 1. The van der Waals surface area contributed by atoms with Crippen molar-refractivity contribution in [2.24, 2.45) is 5.73 Å². The number of nitrogens with zero attached hydrogens (tertiary/aromatic N) is 2. The summed E-state index contributed by atoms with van der Waals surface area (Å²) < 4.78 is 14.1. The van der Waals surface area contributed by atoms with Gasteiger partial charge >= 0.3 is 6.03 Å². The van der Waals surface area contributed by atoms with Crippen LogP contribution in [0.4, 0.5) is 31.4 Å². The molecule has 158 valence electrons. The maximum Gasteiger partial charge on any atom is 0.316 e. The first kappa shape index (κ1) is 21.7. The maximum atomic E-state index is 14.1. The molecule has 8 nitrogen and oxygen atoms in total. The molecule has 3 rings (SSSR count). The summed E-state index contributed by atoms with van der Waals surface area (Å²) >= 11 is 1.15. The van der Waals surface area contributed by atoms with E-state index in [0.717, 1.165) is 11.3 Å². The smallest absolute Gasteiger partial charge is 0.316 e. The minimum absolute atomic E-state index is 0.0991. The molecule has 4 N–H and O–H groups in total. The van der Waals surface area contributed by atoms with E-state index in [1.165, 1.54) is 42.2 Å². The zero-order valence-corrected chi connectivity index (χ0v) is 17.2. The Morgan fingerprint density at radius 2 is 1.81 bits per heavy atom. The highest BCUT2D eigenvalue weighted by molar-refractivity contribution is 7.14. The van der Waals surface area contributed by atoms with Crippen LogP contribution in [0, 0.1) is 5.82 Å². The fraction of sp³-hybridized carbons (Fsp3) is 0.0476. The van der Waals surface area contributed by atoms with Crippen LogP contribution in [-0.4, -0.2) is 22.8 Å². The van der Waals surface area contributed by atoms with Crippen LogP contribution < -0.4 is 21.3 Å². The quantitative estimate of drug-likeness (QED) is 0.501. The van der Waals surface area contributed by atoms with Crippen molar-refractivity contribution >= 4 is 57.5 Å². The molecular weight excluding hydrogens is 421 g/mol. The molecule has 0 bridgehead atoms. The topological polar surface area (TPSA) is 117 Å². The Morgan fingerprint density at radius 3 is 2.48 bits per heavy atom. The van der Waals surface area contributed by atoms with Crippen LogP contribution in [0.3, 0.4) is 0 Å². The van der Waals surface area contributed by atoms with Crippen LogP contribution in [-0.2, 0) is 9.59 Å². The predicted octanol–water partition coefficient (Wildman–Crippen LogP) is 4.11. The summed E-state index contributed by atoms with van der Waals surface area (Å²) in [6, 6.07) is 11.7. The number of aromatic nitrogens is 1. The Bertz CT molecular complexity index is 1160. The molecule has 10 heteroatoms. The number of hydrogen-bond acceptors (Lipinski definition) is 5. The average molecular weight is 439 g/mol. The number of halogens is 1. The number of thiazole rings is 1. The third-order valence-corrected chi connectivity index (χ3v) is 4.76. The Labute approximate surface area is 181 Å². The minimum Gasteiger partial charge on any atom is -0.351 e. The molecule has 0 atom stereocenters. The highest BCUT2D eigenvalue weighted by Crippen LogP contribution is 2.31. The van der Waals surface area contributed by atoms with E-state index in [-0.39, 0.29) is 10.8 Å². The van der Waals surface area contributed by atoms with Gasteiger partial charge in [0, 0.05) is 29.8 Å². The molecule has 0 aliphatic heterocycles. The maximum absolute atomic E-state index is 14.1. The first-order chi connectivity index (χ1) is 14.8. The molecular formula is C21H18FN5O3S. The van der Waals surface area contributed by atoms with Crippen molar-refractivity contribution in [1.82, 2.24) is 4.98 Å². The average Bonchev–Trinajstić information content (AvgIpc) is 3.16. The molecule has 0 aliphatic rings. The van der Waals surface area contributed by atoms with Gasteiger partial charge in [0.15, 0.2) is 5.13 Å². The molecule has 0 spiro atoms. The minimum atomic E-state index is -0.710. The van der Waals surface area contributed by atoms with Crippen molar-refractivity contribution in [3.63, 3.8) is 0 Å². The number of carbonyl (C=O) groups excluding carboxylic acids is 3. The Balaban J connectivity index is 1.71. The first-order valence-electron chi connectivity index (χ1n) is 9.00. The molecule has 0 aliphatic carbocycles. The lowest BCUT2D eigenvalue weighted by atomic mass is 10.2. The van der Waals surface area contributed by atoms with E-state index >= 15 is 0 Å². The molecule has 0 saturated heterocycles. The van der Waals surface area contributed by atoms with Gasteiger partial charge in [0.05, 0.1) is 11.4 Å². The van der Waals surface area contributed by atoms with E-state index in [0.29, 0.717) is 17.1 Å². The number of carbonyl (C=O) groups is 3. The van der Waals surface area contributed by atoms with Crippen LogP contribution in [0.1, 0.15) is 12.6 Å². The summed E-state index contributed by atoms with van der Waals surface area (Å²) in [6.07, 6.45) is 2.74. The second-order valence-corrected chi connectivity index (χ2v) is 7.09. The second-order valence-electron chi connectivity index (χ2n) is 6.25. The Hall–Kier alpha value is -4.05. The van der Waals surface area contributed by atoms with Crippen LogP contribution in [0.2, 0.25) is 0 Å². The molecule has 31 heavy (non-hydrogen) atoms. The van der Waals surface area contributed by atoms with Crippen molar-refractivity contribution in [1.29, 1.82) is 0 Å². The van der Waals surface area contributed by atoms with E-state index in [1.807, 2.05) is 0 Å². The molecule has 0 fully saturated rings. The monoisotopic (exact) mass is 439 g/mol. The molecule has 1 aromatic heterocycles. The zero-order chi connectivity index (χ0) is 22.4. The molecule has 0 radical (unpaired) electrons. The van der Waals surface area contributed by atoms with E-state index in [2.05, 4.69) is 15.6 Å². The standard InChI is InChI=1S/C21H18FN5O3S/c1-13(28)27(18-8-3-2-7-17(18)22)21-26-16(12-31-21)9-10-19(29)24-14-5-4-6-15(11-14)25-20(23)30/h2-12H,1H3,(H,24,29)(H3,23,25,30)/b10-9+. The Kier molecular flexibility index (Phi) is 6.73. The summed E-state index contributed by atoms with van der Waals surface area (Å²) in [5.74, 6) is -1.36. The summed E-state index contributed by atoms with van der Waals surface area (Å²) in [6.45, 7) is 1.32. The van der Waals surface area contributed by atoms with Gasteiger partial charge in [0.25, 0.3) is 0 Å². The third kappa shape index (κ3) is 5.73. The highest BCUT2D eigenvalue weighted by atomic mass is 32.1. The normalized spacial score (nSPS) is 10.6. The van der Waals surface area contributed by atoms with Crippen molar-refractivity contribution in [2.45, 2.75) is 6.92 Å². The van der Waals surface area contributed by atoms with Crippen molar-refractivity contribution in [3.05, 3.63) is 71.5 Å². The van der Waals surface area contributed by atoms with Gasteiger partial charge in [-0.3, -0.25) is 14.5 Å². The molecule has 0 unspecified atom stereocenters.